The highest BCUT2D eigenvalue weighted by Crippen LogP contribution is 2.15. The molecule has 3 rings (SSSR count). The molecule has 0 fully saturated rings. The van der Waals surface area contributed by atoms with Crippen molar-refractivity contribution < 1.29 is 0 Å². The molecule has 2 N–H and O–H groups in total. The number of anilines is 3. The van der Waals surface area contributed by atoms with Crippen LogP contribution in [0, 0.1) is 6.92 Å². The van der Waals surface area contributed by atoms with Gasteiger partial charge in [0.15, 0.2) is 5.82 Å². The second-order valence-electron chi connectivity index (χ2n) is 5.68. The van der Waals surface area contributed by atoms with Gasteiger partial charge in [-0.05, 0) is 43.0 Å². The van der Waals surface area contributed by atoms with E-state index in [1.807, 2.05) is 18.2 Å². The first-order valence-electron chi connectivity index (χ1n) is 8.11. The van der Waals surface area contributed by atoms with Gasteiger partial charge in [0.05, 0.1) is 6.20 Å². The fourth-order valence-electron chi connectivity index (χ4n) is 2.45. The van der Waals surface area contributed by atoms with E-state index in [1.165, 1.54) is 11.1 Å². The van der Waals surface area contributed by atoms with E-state index in [9.17, 15) is 0 Å². The standard InChI is InChI=1S/C19H21N5/c1-15-7-5-11-17(13-15)22-18-14-21-24-19(23-18)20-12-6-10-16-8-3-2-4-9-16/h2-5,7-9,11,13-14H,6,10,12H2,1H3,(H2,20,22,23,24). The van der Waals surface area contributed by atoms with Crippen molar-refractivity contribution in [2.24, 2.45) is 0 Å². The summed E-state index contributed by atoms with van der Waals surface area (Å²) in [4.78, 5) is 4.45. The van der Waals surface area contributed by atoms with Gasteiger partial charge in [0, 0.05) is 12.2 Å². The van der Waals surface area contributed by atoms with E-state index in [1.54, 1.807) is 6.20 Å². The number of aryl methyl sites for hydroxylation is 2. The predicted octanol–water partition coefficient (Wildman–Crippen LogP) is 3.97. The molecule has 0 saturated carbocycles. The molecule has 0 aliphatic rings. The Hall–Kier alpha value is -2.95. The first-order valence-corrected chi connectivity index (χ1v) is 8.11. The monoisotopic (exact) mass is 319 g/mol. The normalized spacial score (nSPS) is 10.4. The van der Waals surface area contributed by atoms with Crippen LogP contribution in [0.4, 0.5) is 17.5 Å². The molecule has 3 aromatic rings. The SMILES string of the molecule is Cc1cccc(Nc2cnnc(NCCCc3ccccc3)n2)c1. The summed E-state index contributed by atoms with van der Waals surface area (Å²) in [6, 6.07) is 18.6. The van der Waals surface area contributed by atoms with Crippen LogP contribution in [0.1, 0.15) is 17.5 Å². The summed E-state index contributed by atoms with van der Waals surface area (Å²) >= 11 is 0. The Balaban J connectivity index is 1.51. The van der Waals surface area contributed by atoms with Crippen LogP contribution in [0.15, 0.2) is 60.8 Å². The third kappa shape index (κ3) is 4.78. The van der Waals surface area contributed by atoms with Crippen molar-refractivity contribution in [2.75, 3.05) is 17.2 Å². The number of nitrogens with one attached hydrogen (secondary N) is 2. The molecular formula is C19H21N5. The number of benzene rings is 2. The van der Waals surface area contributed by atoms with Crippen molar-refractivity contribution in [1.29, 1.82) is 0 Å². The van der Waals surface area contributed by atoms with Gasteiger partial charge in [-0.2, -0.15) is 10.1 Å². The van der Waals surface area contributed by atoms with Crippen LogP contribution in [0.3, 0.4) is 0 Å². The lowest BCUT2D eigenvalue weighted by molar-refractivity contribution is 0.843. The Bertz CT molecular complexity index is 773. The molecule has 0 aliphatic carbocycles. The highest BCUT2D eigenvalue weighted by atomic mass is 15.3. The Morgan fingerprint density at radius 2 is 1.88 bits per heavy atom. The van der Waals surface area contributed by atoms with Crippen LogP contribution in [0.5, 0.6) is 0 Å². The Morgan fingerprint density at radius 1 is 1.00 bits per heavy atom. The van der Waals surface area contributed by atoms with Crippen LogP contribution < -0.4 is 10.6 Å². The minimum Gasteiger partial charge on any atom is -0.353 e. The summed E-state index contributed by atoms with van der Waals surface area (Å²) in [6.45, 7) is 2.87. The summed E-state index contributed by atoms with van der Waals surface area (Å²) in [7, 11) is 0. The smallest absolute Gasteiger partial charge is 0.244 e. The molecule has 5 nitrogen and oxygen atoms in total. The zero-order valence-electron chi connectivity index (χ0n) is 13.7. The third-order valence-corrected chi connectivity index (χ3v) is 3.62. The molecule has 24 heavy (non-hydrogen) atoms. The van der Waals surface area contributed by atoms with Gasteiger partial charge in [-0.3, -0.25) is 0 Å². The molecule has 0 amide bonds. The van der Waals surface area contributed by atoms with Gasteiger partial charge < -0.3 is 10.6 Å². The molecule has 1 heterocycles. The molecule has 2 aromatic carbocycles. The van der Waals surface area contributed by atoms with Gasteiger partial charge >= 0.3 is 0 Å². The maximum atomic E-state index is 4.45. The highest BCUT2D eigenvalue weighted by Gasteiger charge is 2.01. The average Bonchev–Trinajstić information content (AvgIpc) is 2.60. The lowest BCUT2D eigenvalue weighted by Gasteiger charge is -2.08. The van der Waals surface area contributed by atoms with Crippen LogP contribution in [0.25, 0.3) is 0 Å². The lowest BCUT2D eigenvalue weighted by Crippen LogP contribution is -2.08. The zero-order valence-corrected chi connectivity index (χ0v) is 13.7. The lowest BCUT2D eigenvalue weighted by atomic mass is 10.1. The molecule has 0 radical (unpaired) electrons. The van der Waals surface area contributed by atoms with Crippen molar-refractivity contribution in [3.05, 3.63) is 71.9 Å². The van der Waals surface area contributed by atoms with Gasteiger partial charge in [-0.1, -0.05) is 42.5 Å². The fourth-order valence-corrected chi connectivity index (χ4v) is 2.45. The van der Waals surface area contributed by atoms with Crippen LogP contribution in [-0.2, 0) is 6.42 Å². The number of nitrogens with zero attached hydrogens (tertiary/aromatic N) is 3. The van der Waals surface area contributed by atoms with Crippen LogP contribution >= 0.6 is 0 Å². The van der Waals surface area contributed by atoms with Gasteiger partial charge in [-0.15, -0.1) is 5.10 Å². The first kappa shape index (κ1) is 15.9. The summed E-state index contributed by atoms with van der Waals surface area (Å²) in [6.07, 6.45) is 3.67. The second kappa shape index (κ2) is 8.06. The van der Waals surface area contributed by atoms with Gasteiger partial charge in [0.1, 0.15) is 0 Å². The van der Waals surface area contributed by atoms with Crippen molar-refractivity contribution in [3.8, 4) is 0 Å². The minimum atomic E-state index is 0.542. The summed E-state index contributed by atoms with van der Waals surface area (Å²) in [5.74, 6) is 1.22. The van der Waals surface area contributed by atoms with E-state index >= 15 is 0 Å². The number of rotatable bonds is 7. The van der Waals surface area contributed by atoms with Crippen molar-refractivity contribution in [3.63, 3.8) is 0 Å². The maximum absolute atomic E-state index is 4.45. The quantitative estimate of drug-likeness (QED) is 0.645. The molecule has 0 bridgehead atoms. The topological polar surface area (TPSA) is 62.7 Å². The number of hydrogen-bond donors (Lipinski definition) is 2. The summed E-state index contributed by atoms with van der Waals surface area (Å²) in [5.41, 5.74) is 3.53. The average molecular weight is 319 g/mol. The number of hydrogen-bond acceptors (Lipinski definition) is 5. The molecular weight excluding hydrogens is 298 g/mol. The van der Waals surface area contributed by atoms with Crippen molar-refractivity contribution in [1.82, 2.24) is 15.2 Å². The van der Waals surface area contributed by atoms with Crippen LogP contribution in [-0.4, -0.2) is 21.7 Å². The fraction of sp³-hybridized carbons (Fsp3) is 0.211. The van der Waals surface area contributed by atoms with Gasteiger partial charge in [-0.25, -0.2) is 0 Å². The van der Waals surface area contributed by atoms with Gasteiger partial charge in [0.2, 0.25) is 5.95 Å². The molecule has 0 unspecified atom stereocenters. The van der Waals surface area contributed by atoms with E-state index in [0.717, 1.165) is 25.1 Å². The predicted molar refractivity (Wildman–Crippen MR) is 97.5 cm³/mol. The zero-order chi connectivity index (χ0) is 16.6. The molecule has 0 spiro atoms. The molecule has 0 aliphatic heterocycles. The molecule has 0 saturated heterocycles. The Morgan fingerprint density at radius 3 is 2.71 bits per heavy atom. The molecule has 1 aromatic heterocycles. The van der Waals surface area contributed by atoms with Crippen LogP contribution in [0.2, 0.25) is 0 Å². The largest absolute Gasteiger partial charge is 0.353 e. The van der Waals surface area contributed by atoms with Crippen molar-refractivity contribution in [2.45, 2.75) is 19.8 Å². The molecule has 5 heteroatoms. The van der Waals surface area contributed by atoms with E-state index in [0.29, 0.717) is 11.8 Å². The summed E-state index contributed by atoms with van der Waals surface area (Å²) < 4.78 is 0. The Labute approximate surface area is 142 Å². The molecule has 0 atom stereocenters. The second-order valence-corrected chi connectivity index (χ2v) is 5.68. The van der Waals surface area contributed by atoms with E-state index in [-0.39, 0.29) is 0 Å². The Kier molecular flexibility index (Phi) is 5.35. The third-order valence-electron chi connectivity index (χ3n) is 3.62. The van der Waals surface area contributed by atoms with E-state index < -0.39 is 0 Å². The van der Waals surface area contributed by atoms with Gasteiger partial charge in [0.25, 0.3) is 0 Å². The number of aromatic nitrogens is 3. The molecule has 122 valence electrons. The van der Waals surface area contributed by atoms with E-state index in [4.69, 9.17) is 0 Å². The first-order chi connectivity index (χ1) is 11.8. The highest BCUT2D eigenvalue weighted by molar-refractivity contribution is 5.56. The summed E-state index contributed by atoms with van der Waals surface area (Å²) in [5, 5.41) is 14.5. The minimum absolute atomic E-state index is 0.542. The maximum Gasteiger partial charge on any atom is 0.244 e. The van der Waals surface area contributed by atoms with Crippen molar-refractivity contribution >= 4 is 17.5 Å². The van der Waals surface area contributed by atoms with E-state index in [2.05, 4.69) is 69.1 Å².